The lowest BCUT2D eigenvalue weighted by Crippen LogP contribution is -2.04. The summed E-state index contributed by atoms with van der Waals surface area (Å²) in [6, 6.07) is 6.13. The van der Waals surface area contributed by atoms with Gasteiger partial charge in [0.2, 0.25) is 10.9 Å². The third-order valence-corrected chi connectivity index (χ3v) is 4.18. The molecule has 25 heavy (non-hydrogen) atoms. The molecule has 0 atom stereocenters. The molecule has 5 nitrogen and oxygen atoms in total. The second kappa shape index (κ2) is 6.40. The van der Waals surface area contributed by atoms with Crippen molar-refractivity contribution >= 4 is 16.9 Å². The molecule has 0 amide bonds. The van der Waals surface area contributed by atoms with Crippen LogP contribution in [0.25, 0.3) is 11.5 Å². The van der Waals surface area contributed by atoms with E-state index >= 15 is 0 Å². The number of aryl methyl sites for hydroxylation is 2. The van der Waals surface area contributed by atoms with Gasteiger partial charge in [-0.1, -0.05) is 16.4 Å². The molecule has 9 heteroatoms. The van der Waals surface area contributed by atoms with E-state index < -0.39 is 16.9 Å². The highest BCUT2D eigenvalue weighted by atomic mass is 32.2. The summed E-state index contributed by atoms with van der Waals surface area (Å²) >= 11 is 0.664. The van der Waals surface area contributed by atoms with Crippen molar-refractivity contribution in [2.75, 3.05) is 0 Å². The average molecular weight is 368 g/mol. The van der Waals surface area contributed by atoms with Gasteiger partial charge in [0.1, 0.15) is 11.3 Å². The summed E-state index contributed by atoms with van der Waals surface area (Å²) in [6.07, 6.45) is -4.48. The van der Waals surface area contributed by atoms with E-state index in [-0.39, 0.29) is 16.2 Å². The highest BCUT2D eigenvalue weighted by molar-refractivity contribution is 8.14. The summed E-state index contributed by atoms with van der Waals surface area (Å²) in [5, 5.41) is 7.04. The Bertz CT molecular complexity index is 931. The van der Waals surface area contributed by atoms with Crippen LogP contribution in [0.4, 0.5) is 13.2 Å². The van der Waals surface area contributed by atoms with Gasteiger partial charge >= 0.3 is 6.18 Å². The third kappa shape index (κ3) is 3.60. The van der Waals surface area contributed by atoms with E-state index in [1.807, 2.05) is 0 Å². The zero-order valence-corrected chi connectivity index (χ0v) is 13.9. The lowest BCUT2D eigenvalue weighted by molar-refractivity contribution is -0.137. The molecule has 0 N–H and O–H groups in total. The third-order valence-electron chi connectivity index (χ3n) is 3.30. The summed E-state index contributed by atoms with van der Waals surface area (Å²) in [6.45, 7) is 3.25. The molecule has 0 bridgehead atoms. The van der Waals surface area contributed by atoms with Crippen molar-refractivity contribution in [1.29, 1.82) is 0 Å². The lowest BCUT2D eigenvalue weighted by Gasteiger charge is -2.08. The number of carbonyl (C=O) groups excluding carboxylic acids is 1. The number of rotatable bonds is 3. The minimum Gasteiger partial charge on any atom is -0.361 e. The Balaban J connectivity index is 1.91. The summed E-state index contributed by atoms with van der Waals surface area (Å²) in [5.41, 5.74) is -0.0541. The number of nitrogens with zero attached hydrogens (tertiary/aromatic N) is 2. The quantitative estimate of drug-likeness (QED) is 0.613. The normalized spacial score (nSPS) is 11.7. The number of hydrogen-bond acceptors (Lipinski definition) is 6. The van der Waals surface area contributed by atoms with Crippen molar-refractivity contribution in [3.8, 4) is 11.5 Å². The van der Waals surface area contributed by atoms with Crippen LogP contribution in [0.3, 0.4) is 0 Å². The van der Waals surface area contributed by atoms with E-state index in [9.17, 15) is 18.0 Å². The molecular weight excluding hydrogens is 357 g/mol. The Labute approximate surface area is 144 Å². The Morgan fingerprint density at radius 3 is 2.52 bits per heavy atom. The van der Waals surface area contributed by atoms with Crippen LogP contribution in [-0.4, -0.2) is 15.4 Å². The number of aromatic nitrogens is 2. The number of hydrogen-bond donors (Lipinski definition) is 0. The van der Waals surface area contributed by atoms with Crippen LogP contribution in [0.15, 0.2) is 44.3 Å². The molecule has 2 aromatic heterocycles. The van der Waals surface area contributed by atoms with Gasteiger partial charge in [-0.2, -0.15) is 13.2 Å². The molecule has 0 spiro atoms. The summed E-state index contributed by atoms with van der Waals surface area (Å²) < 4.78 is 48.5. The number of halogens is 3. The molecule has 3 aromatic rings. The molecule has 0 saturated heterocycles. The van der Waals surface area contributed by atoms with Gasteiger partial charge in [0.15, 0.2) is 5.69 Å². The molecule has 2 heterocycles. The predicted molar refractivity (Wildman–Crippen MR) is 83.1 cm³/mol. The van der Waals surface area contributed by atoms with E-state index in [1.165, 1.54) is 12.1 Å². The number of benzene rings is 1. The SMILES string of the molecule is Cc1cc(-c2onc(C)c2C(=O)Sc2cccc(C(F)(F)F)c2)no1. The van der Waals surface area contributed by atoms with E-state index in [2.05, 4.69) is 10.3 Å². The van der Waals surface area contributed by atoms with Crippen LogP contribution in [-0.2, 0) is 6.18 Å². The molecule has 0 aliphatic heterocycles. The maximum absolute atomic E-state index is 12.8. The van der Waals surface area contributed by atoms with Crippen LogP contribution in [0.1, 0.15) is 27.4 Å². The molecule has 0 saturated carbocycles. The fraction of sp³-hybridized carbons (Fsp3) is 0.188. The van der Waals surface area contributed by atoms with E-state index in [0.29, 0.717) is 28.9 Å². The first kappa shape index (κ1) is 17.3. The first-order valence-corrected chi connectivity index (χ1v) is 7.87. The molecule has 0 fully saturated rings. The van der Waals surface area contributed by atoms with Gasteiger partial charge in [-0.05, 0) is 43.8 Å². The maximum atomic E-state index is 12.8. The van der Waals surface area contributed by atoms with Crippen molar-refractivity contribution < 1.29 is 27.0 Å². The Morgan fingerprint density at radius 1 is 1.12 bits per heavy atom. The molecule has 0 aliphatic carbocycles. The summed E-state index contributed by atoms with van der Waals surface area (Å²) in [7, 11) is 0. The molecule has 130 valence electrons. The Kier molecular flexibility index (Phi) is 4.42. The lowest BCUT2D eigenvalue weighted by atomic mass is 10.1. The molecular formula is C16H11F3N2O3S. The second-order valence-electron chi connectivity index (χ2n) is 5.21. The summed E-state index contributed by atoms with van der Waals surface area (Å²) in [4.78, 5) is 12.8. The minimum absolute atomic E-state index is 0.124. The van der Waals surface area contributed by atoms with Crippen LogP contribution >= 0.6 is 11.8 Å². The van der Waals surface area contributed by atoms with Crippen LogP contribution in [0, 0.1) is 13.8 Å². The van der Waals surface area contributed by atoms with Crippen molar-refractivity contribution in [3.05, 3.63) is 52.9 Å². The van der Waals surface area contributed by atoms with Crippen molar-refractivity contribution in [2.24, 2.45) is 0 Å². The van der Waals surface area contributed by atoms with Gasteiger partial charge < -0.3 is 9.05 Å². The van der Waals surface area contributed by atoms with Gasteiger partial charge in [-0.3, -0.25) is 4.79 Å². The molecule has 0 unspecified atom stereocenters. The van der Waals surface area contributed by atoms with Crippen LogP contribution in [0.2, 0.25) is 0 Å². The zero-order valence-electron chi connectivity index (χ0n) is 13.0. The second-order valence-corrected chi connectivity index (χ2v) is 6.26. The molecule has 1 aromatic carbocycles. The number of thioether (sulfide) groups is 1. The van der Waals surface area contributed by atoms with Gasteiger partial charge in [0, 0.05) is 11.0 Å². The fourth-order valence-electron chi connectivity index (χ4n) is 2.15. The molecule has 0 radical (unpaired) electrons. The van der Waals surface area contributed by atoms with Crippen molar-refractivity contribution in [2.45, 2.75) is 24.9 Å². The smallest absolute Gasteiger partial charge is 0.361 e. The van der Waals surface area contributed by atoms with Gasteiger partial charge in [-0.25, -0.2) is 0 Å². The zero-order chi connectivity index (χ0) is 18.2. The van der Waals surface area contributed by atoms with Crippen LogP contribution in [0.5, 0.6) is 0 Å². The van der Waals surface area contributed by atoms with Crippen molar-refractivity contribution in [1.82, 2.24) is 10.3 Å². The Hall–Kier alpha value is -2.55. The molecule has 0 aliphatic rings. The monoisotopic (exact) mass is 368 g/mol. The van der Waals surface area contributed by atoms with E-state index in [4.69, 9.17) is 9.05 Å². The van der Waals surface area contributed by atoms with Crippen LogP contribution < -0.4 is 0 Å². The van der Waals surface area contributed by atoms with Gasteiger partial charge in [-0.15, -0.1) is 0 Å². The number of carbonyl (C=O) groups is 1. The standard InChI is InChI=1S/C16H11F3N2O3S/c1-8-6-12(21-23-8)14-13(9(2)20-24-14)15(22)25-11-5-3-4-10(7-11)16(17,18)19/h3-7H,1-2H3. The van der Waals surface area contributed by atoms with E-state index in [1.54, 1.807) is 19.9 Å². The van der Waals surface area contributed by atoms with Gasteiger partial charge in [0.05, 0.1) is 11.3 Å². The first-order valence-electron chi connectivity index (χ1n) is 7.05. The van der Waals surface area contributed by atoms with E-state index in [0.717, 1.165) is 12.1 Å². The summed E-state index contributed by atoms with van der Waals surface area (Å²) in [5.74, 6) is 0.645. The van der Waals surface area contributed by atoms with Gasteiger partial charge in [0.25, 0.3) is 0 Å². The maximum Gasteiger partial charge on any atom is 0.416 e. The topological polar surface area (TPSA) is 69.1 Å². The number of alkyl halides is 3. The largest absolute Gasteiger partial charge is 0.416 e. The highest BCUT2D eigenvalue weighted by Gasteiger charge is 2.31. The predicted octanol–water partition coefficient (Wildman–Crippen LogP) is 4.90. The molecule has 3 rings (SSSR count). The Morgan fingerprint density at radius 2 is 1.88 bits per heavy atom. The average Bonchev–Trinajstić information content (AvgIpc) is 3.12. The fourth-order valence-corrected chi connectivity index (χ4v) is 3.04. The van der Waals surface area contributed by atoms with Crippen molar-refractivity contribution in [3.63, 3.8) is 0 Å². The minimum atomic E-state index is -4.48. The first-order chi connectivity index (χ1) is 11.8. The highest BCUT2D eigenvalue weighted by Crippen LogP contribution is 2.35.